The van der Waals surface area contributed by atoms with Crippen LogP contribution >= 0.6 is 0 Å². The first-order valence-electron chi connectivity index (χ1n) is 14.7. The number of hydrogen-bond acceptors (Lipinski definition) is 7. The van der Waals surface area contributed by atoms with E-state index in [1.807, 2.05) is 6.20 Å². The molecule has 0 unspecified atom stereocenters. The summed E-state index contributed by atoms with van der Waals surface area (Å²) in [5, 5.41) is 0. The molecule has 2 fully saturated rings. The van der Waals surface area contributed by atoms with Crippen molar-refractivity contribution in [1.82, 2.24) is 39.0 Å². The molecule has 1 atom stereocenters. The van der Waals surface area contributed by atoms with Crippen molar-refractivity contribution in [3.05, 3.63) is 52.9 Å². The van der Waals surface area contributed by atoms with Crippen molar-refractivity contribution in [2.24, 2.45) is 0 Å². The van der Waals surface area contributed by atoms with Gasteiger partial charge >= 0.3 is 0 Å². The third kappa shape index (κ3) is 6.54. The molecule has 0 amide bonds. The summed E-state index contributed by atoms with van der Waals surface area (Å²) >= 11 is 0. The maximum atomic E-state index is 5.31. The zero-order valence-electron chi connectivity index (χ0n) is 24.1. The van der Waals surface area contributed by atoms with E-state index in [-0.39, 0.29) is 0 Å². The van der Waals surface area contributed by atoms with Crippen LogP contribution < -0.4 is 0 Å². The zero-order valence-corrected chi connectivity index (χ0v) is 24.1. The van der Waals surface area contributed by atoms with Gasteiger partial charge in [0.05, 0.1) is 29.8 Å². The van der Waals surface area contributed by atoms with E-state index in [2.05, 4.69) is 81.4 Å². The number of likely N-dealkylation sites (N-methyl/N-ethyl adjacent to an activating group) is 2. The number of rotatable bonds is 8. The van der Waals surface area contributed by atoms with Gasteiger partial charge in [-0.3, -0.25) is 19.7 Å². The highest BCUT2D eigenvalue weighted by Crippen LogP contribution is 2.33. The number of hydrogen-bond donors (Lipinski definition) is 0. The van der Waals surface area contributed by atoms with Gasteiger partial charge in [-0.2, -0.15) is 0 Å². The summed E-state index contributed by atoms with van der Waals surface area (Å²) in [5.74, 6) is 1.10. The molecule has 0 aromatic carbocycles. The van der Waals surface area contributed by atoms with Crippen LogP contribution in [0.4, 0.5) is 0 Å². The van der Waals surface area contributed by atoms with Crippen LogP contribution in [0, 0.1) is 0 Å². The first kappa shape index (κ1) is 27.5. The van der Waals surface area contributed by atoms with Gasteiger partial charge in [-0.25, -0.2) is 4.98 Å². The van der Waals surface area contributed by atoms with Crippen molar-refractivity contribution in [1.29, 1.82) is 0 Å². The molecule has 0 spiro atoms. The Morgan fingerprint density at radius 3 is 2.53 bits per heavy atom. The lowest BCUT2D eigenvalue weighted by molar-refractivity contribution is 0.141. The predicted molar refractivity (Wildman–Crippen MR) is 155 cm³/mol. The van der Waals surface area contributed by atoms with E-state index in [9.17, 15) is 0 Å². The van der Waals surface area contributed by atoms with Gasteiger partial charge in [-0.1, -0.05) is 12.1 Å². The van der Waals surface area contributed by atoms with Crippen LogP contribution in [0.25, 0.3) is 6.08 Å². The molecule has 2 aromatic rings. The predicted octanol–water partition coefficient (Wildman–Crippen LogP) is 3.16. The Morgan fingerprint density at radius 2 is 1.74 bits per heavy atom. The van der Waals surface area contributed by atoms with Crippen LogP contribution in [0.5, 0.6) is 0 Å². The van der Waals surface area contributed by atoms with Crippen LogP contribution in [-0.4, -0.2) is 113 Å². The topological polar surface area (TPSA) is 46.9 Å². The lowest BCUT2D eigenvalue weighted by Crippen LogP contribution is -2.44. The number of piperazine rings is 1. The lowest BCUT2D eigenvalue weighted by Gasteiger charge is -2.34. The summed E-state index contributed by atoms with van der Waals surface area (Å²) in [6.07, 6.45) is 11.1. The Labute approximate surface area is 229 Å². The Bertz CT molecular complexity index is 1070. The van der Waals surface area contributed by atoms with Gasteiger partial charge in [-0.05, 0) is 78.0 Å². The largest absolute Gasteiger partial charge is 0.313 e. The molecule has 8 nitrogen and oxygen atoms in total. The number of aryl methyl sites for hydroxylation is 1. The van der Waals surface area contributed by atoms with Gasteiger partial charge < -0.3 is 14.4 Å². The number of imidazole rings is 1. The van der Waals surface area contributed by atoms with Crippen LogP contribution in [0.2, 0.25) is 0 Å². The van der Waals surface area contributed by atoms with E-state index in [4.69, 9.17) is 9.97 Å². The Morgan fingerprint density at radius 1 is 0.974 bits per heavy atom. The molecule has 4 heterocycles. The normalized spacial score (nSPS) is 22.8. The van der Waals surface area contributed by atoms with Crippen LogP contribution in [0.3, 0.4) is 0 Å². The molecule has 1 aliphatic carbocycles. The molecule has 208 valence electrons. The summed E-state index contributed by atoms with van der Waals surface area (Å²) in [6.45, 7) is 13.9. The van der Waals surface area contributed by atoms with Gasteiger partial charge in [0.15, 0.2) is 0 Å². The Kier molecular flexibility index (Phi) is 9.28. The minimum absolute atomic E-state index is 0.355. The lowest BCUT2D eigenvalue weighted by atomic mass is 9.91. The first-order valence-corrected chi connectivity index (χ1v) is 14.7. The fourth-order valence-corrected chi connectivity index (χ4v) is 6.31. The monoisotopic (exact) mass is 520 g/mol. The van der Waals surface area contributed by atoms with E-state index < -0.39 is 0 Å². The molecular weight excluding hydrogens is 472 g/mol. The highest BCUT2D eigenvalue weighted by Gasteiger charge is 2.28. The summed E-state index contributed by atoms with van der Waals surface area (Å²) in [7, 11) is 6.75. The summed E-state index contributed by atoms with van der Waals surface area (Å²) in [4.78, 5) is 22.8. The second kappa shape index (κ2) is 12.8. The minimum atomic E-state index is 0.355. The average molecular weight is 521 g/mol. The molecule has 2 saturated heterocycles. The number of aromatic nitrogens is 3. The molecule has 3 aliphatic rings. The fraction of sp³-hybridized carbons (Fsp3) is 0.667. The summed E-state index contributed by atoms with van der Waals surface area (Å²) in [6, 6.07) is 4.70. The molecule has 0 bridgehead atoms. The van der Waals surface area contributed by atoms with Crippen LogP contribution in [0.15, 0.2) is 24.4 Å². The van der Waals surface area contributed by atoms with Crippen molar-refractivity contribution >= 4 is 6.08 Å². The molecule has 2 aromatic heterocycles. The van der Waals surface area contributed by atoms with Crippen molar-refractivity contribution in [3.63, 3.8) is 0 Å². The molecule has 2 aliphatic heterocycles. The van der Waals surface area contributed by atoms with Crippen molar-refractivity contribution < 1.29 is 0 Å². The van der Waals surface area contributed by atoms with Gasteiger partial charge in [-0.15, -0.1) is 0 Å². The van der Waals surface area contributed by atoms with Gasteiger partial charge in [0, 0.05) is 65.1 Å². The van der Waals surface area contributed by atoms with E-state index >= 15 is 0 Å². The quantitative estimate of drug-likeness (QED) is 0.530. The second-order valence-corrected chi connectivity index (χ2v) is 11.7. The molecular formula is C30H48N8. The van der Waals surface area contributed by atoms with E-state index in [0.29, 0.717) is 6.04 Å². The maximum Gasteiger partial charge on any atom is 0.134 e. The molecule has 0 saturated carbocycles. The minimum Gasteiger partial charge on any atom is -0.313 e. The third-order valence-electron chi connectivity index (χ3n) is 8.72. The van der Waals surface area contributed by atoms with Gasteiger partial charge in [0.2, 0.25) is 0 Å². The maximum absolute atomic E-state index is 5.31. The van der Waals surface area contributed by atoms with Crippen LogP contribution in [0.1, 0.15) is 60.7 Å². The summed E-state index contributed by atoms with van der Waals surface area (Å²) in [5.41, 5.74) is 5.31. The van der Waals surface area contributed by atoms with Crippen molar-refractivity contribution in [2.45, 2.75) is 58.4 Å². The molecule has 0 radical (unpaired) electrons. The van der Waals surface area contributed by atoms with E-state index in [1.165, 1.54) is 42.0 Å². The highest BCUT2D eigenvalue weighted by molar-refractivity contribution is 5.43. The molecule has 5 rings (SSSR count). The smallest absolute Gasteiger partial charge is 0.134 e. The van der Waals surface area contributed by atoms with Crippen molar-refractivity contribution in [3.8, 4) is 0 Å². The summed E-state index contributed by atoms with van der Waals surface area (Å²) < 4.78 is 2.53. The van der Waals surface area contributed by atoms with Gasteiger partial charge in [0.1, 0.15) is 5.82 Å². The van der Waals surface area contributed by atoms with Crippen LogP contribution in [-0.2, 0) is 26.2 Å². The first-order chi connectivity index (χ1) is 18.5. The number of fused-ring (bicyclic) bond motifs is 1. The number of nitrogens with zero attached hydrogens (tertiary/aromatic N) is 8. The number of allylic oxidation sites excluding steroid dienone is 1. The Hall–Kier alpha value is -2.10. The molecule has 38 heavy (non-hydrogen) atoms. The SMILES string of the molecule is C/C=C\c1nc(CN(C)[C@H]2CCCc3cccnc32)c(CN2CCN(C)CC2)n1CN1CCCN(C)CC1. The standard InChI is InChI=1S/C30H48N8/c1-5-9-29-32-26(22-35(4)27-12-6-10-25-11-7-13-31-30(25)27)28(23-36-19-16-34(3)17-20-36)38(29)24-37-15-8-14-33(2)18-21-37/h5,7,9,11,13,27H,6,8,10,12,14-24H2,1-4H3/b9-5-/t27-/m0/s1. The third-order valence-corrected chi connectivity index (χ3v) is 8.72. The Balaban J connectivity index is 1.44. The van der Waals surface area contributed by atoms with E-state index in [0.717, 1.165) is 84.2 Å². The number of pyridine rings is 1. The highest BCUT2D eigenvalue weighted by atomic mass is 15.3. The van der Waals surface area contributed by atoms with E-state index in [1.54, 1.807) is 0 Å². The molecule has 8 heteroatoms. The van der Waals surface area contributed by atoms with Gasteiger partial charge in [0.25, 0.3) is 0 Å². The van der Waals surface area contributed by atoms with Crippen molar-refractivity contribution in [2.75, 3.05) is 73.5 Å². The molecule has 0 N–H and O–H groups in total. The zero-order chi connectivity index (χ0) is 26.5. The second-order valence-electron chi connectivity index (χ2n) is 11.7. The average Bonchev–Trinajstić information content (AvgIpc) is 3.07. The fourth-order valence-electron chi connectivity index (χ4n) is 6.31.